The quantitative estimate of drug-likeness (QED) is 0.0335. The van der Waals surface area contributed by atoms with E-state index in [4.69, 9.17) is 33.8 Å². The Morgan fingerprint density at radius 1 is 1.24 bits per heavy atom. The van der Waals surface area contributed by atoms with Gasteiger partial charge in [-0.25, -0.2) is 4.98 Å². The van der Waals surface area contributed by atoms with Gasteiger partial charge in [0, 0.05) is 36.2 Å². The number of nitrogens with two attached hydrogens (primary N) is 1. The maximum absolute atomic E-state index is 13.9. The van der Waals surface area contributed by atoms with Gasteiger partial charge in [0.15, 0.2) is 33.7 Å². The number of halogens is 2. The van der Waals surface area contributed by atoms with E-state index in [2.05, 4.69) is 36.1 Å². The number of fused-ring (bicyclic) bond motifs is 1. The fraction of sp³-hybridized carbons (Fsp3) is 0.452. The van der Waals surface area contributed by atoms with E-state index < -0.39 is 46.1 Å². The molecule has 2 amide bonds. The first-order valence-corrected chi connectivity index (χ1v) is 18.9. The standard InChI is InChI=1S/C31H34Cl2N10O8S2.Na/c1-31(2,29(49)50)51-39-20(21-24(33)53-30(34)36-21)18(44)11-16-27(48)42-22(25-37-40-41-38-25)15(13-52-28(16)42)12-43(6-3-4-7-43)8-5-35-26(47)14-9-17(32)23(46)19(45)10-14;/h9-10,16,28H,3-8,11-13H2,1-2H3,(H6-,34,35,36,37,38,39,40,41,44,45,46,47,49,50);/q;+1/p-1/t16-,28-;/m1./s1. The summed E-state index contributed by atoms with van der Waals surface area (Å²) >= 11 is 14.6. The fourth-order valence-electron chi connectivity index (χ4n) is 6.47. The Morgan fingerprint density at radius 3 is 2.57 bits per heavy atom. The summed E-state index contributed by atoms with van der Waals surface area (Å²) in [6, 6.07) is 2.41. The average Bonchev–Trinajstić information content (AvgIpc) is 3.88. The summed E-state index contributed by atoms with van der Waals surface area (Å²) < 4.78 is 0.639. The van der Waals surface area contributed by atoms with Crippen molar-refractivity contribution in [2.24, 2.45) is 11.1 Å². The SMILES string of the molecule is CC(C)(O/N=C(\C(=O)C[C@@H]1C(=O)N2C(c3nnn[n-]3)=C(C[N+]3(CCNC(=O)c4cc(O)c(O)c(Cl)c4)CCCC3)CS[C@H]12)c1nc(N)sc1Cl)C(=O)[O-].[Na+]. The topological polar surface area (TPSA) is 260 Å². The maximum Gasteiger partial charge on any atom is 1.00 e. The van der Waals surface area contributed by atoms with Crippen molar-refractivity contribution in [3.63, 3.8) is 0 Å². The molecule has 0 radical (unpaired) electrons. The number of rotatable bonds is 14. The smallest absolute Gasteiger partial charge is 0.546 e. The van der Waals surface area contributed by atoms with E-state index in [1.807, 2.05) is 0 Å². The van der Waals surface area contributed by atoms with Crippen LogP contribution in [0.25, 0.3) is 5.70 Å². The second-order valence-electron chi connectivity index (χ2n) is 13.3. The van der Waals surface area contributed by atoms with Crippen LogP contribution in [0.1, 0.15) is 55.0 Å². The molecule has 0 bridgehead atoms. The molecule has 2 aromatic heterocycles. The van der Waals surface area contributed by atoms with Crippen molar-refractivity contribution in [3.05, 3.63) is 44.1 Å². The molecular formula is C31H33Cl2N10NaO8S2. The summed E-state index contributed by atoms with van der Waals surface area (Å²) in [6.45, 7) is 5.40. The van der Waals surface area contributed by atoms with Gasteiger partial charge in [0.2, 0.25) is 5.91 Å². The second kappa shape index (κ2) is 16.7. The van der Waals surface area contributed by atoms with E-state index in [0.717, 1.165) is 48.9 Å². The van der Waals surface area contributed by atoms with Crippen LogP contribution < -0.4 is 50.8 Å². The van der Waals surface area contributed by atoms with Crippen molar-refractivity contribution in [1.82, 2.24) is 35.8 Å². The van der Waals surface area contributed by atoms with Crippen LogP contribution in [0.15, 0.2) is 22.9 Å². The summed E-state index contributed by atoms with van der Waals surface area (Å²) in [5, 5.41) is 52.7. The van der Waals surface area contributed by atoms with Crippen molar-refractivity contribution < 1.29 is 73.4 Å². The zero-order valence-electron chi connectivity index (χ0n) is 29.2. The van der Waals surface area contributed by atoms with Gasteiger partial charge in [-0.15, -0.1) is 11.8 Å². The molecule has 23 heteroatoms. The Kier molecular flexibility index (Phi) is 12.9. The van der Waals surface area contributed by atoms with Crippen LogP contribution in [0.4, 0.5) is 5.13 Å². The number of carbonyl (C=O) groups is 4. The molecule has 2 fully saturated rings. The number of β-lactam (4-membered cyclic amide) rings is 1. The van der Waals surface area contributed by atoms with E-state index in [0.29, 0.717) is 35.6 Å². The number of aromatic nitrogens is 5. The van der Waals surface area contributed by atoms with Gasteiger partial charge in [0.25, 0.3) is 5.91 Å². The Hall–Kier alpha value is -3.50. The molecule has 0 saturated carbocycles. The molecule has 5 N–H and O–H groups in total. The third-order valence-electron chi connectivity index (χ3n) is 9.26. The molecule has 6 rings (SSSR count). The van der Waals surface area contributed by atoms with Gasteiger partial charge in [0.1, 0.15) is 16.6 Å². The minimum absolute atomic E-state index is 0. The molecule has 2 atom stereocenters. The van der Waals surface area contributed by atoms with Gasteiger partial charge in [-0.3, -0.25) is 29.6 Å². The fourth-order valence-corrected chi connectivity index (χ4v) is 9.02. The summed E-state index contributed by atoms with van der Waals surface area (Å²) in [5.74, 6) is -4.24. The van der Waals surface area contributed by atoms with Gasteiger partial charge < -0.3 is 45.6 Å². The number of carbonyl (C=O) groups excluding carboxylic acids is 4. The maximum atomic E-state index is 13.9. The number of ketones is 1. The third kappa shape index (κ3) is 8.49. The molecule has 2 saturated heterocycles. The molecular weight excluding hydrogens is 798 g/mol. The van der Waals surface area contributed by atoms with Crippen molar-refractivity contribution in [1.29, 1.82) is 0 Å². The van der Waals surface area contributed by atoms with E-state index >= 15 is 0 Å². The van der Waals surface area contributed by atoms with Crippen LogP contribution in [0.5, 0.6) is 11.5 Å². The number of anilines is 1. The van der Waals surface area contributed by atoms with Gasteiger partial charge in [0.05, 0.1) is 60.0 Å². The zero-order valence-corrected chi connectivity index (χ0v) is 34.4. The van der Waals surface area contributed by atoms with E-state index in [9.17, 15) is 34.5 Å². The number of Topliss-reactive ketones (excluding diaryl/α,β-unsaturated/α-hetero) is 1. The molecule has 3 aromatic rings. The minimum atomic E-state index is -1.90. The van der Waals surface area contributed by atoms with Crippen molar-refractivity contribution in [3.8, 4) is 11.5 Å². The first kappa shape index (κ1) is 41.7. The third-order valence-corrected chi connectivity index (χ3v) is 12.0. The number of hydrogen-bond donors (Lipinski definition) is 4. The number of nitrogens with one attached hydrogen (secondary N) is 1. The molecule has 54 heavy (non-hydrogen) atoms. The molecule has 3 aliphatic heterocycles. The van der Waals surface area contributed by atoms with E-state index in [1.54, 1.807) is 4.90 Å². The van der Waals surface area contributed by atoms with Crippen LogP contribution in [-0.4, -0.2) is 119 Å². The number of nitrogens with zero attached hydrogens (tertiary/aromatic N) is 8. The normalized spacial score (nSPS) is 19.5. The van der Waals surface area contributed by atoms with Crippen molar-refractivity contribution in [2.75, 3.05) is 44.2 Å². The van der Waals surface area contributed by atoms with E-state index in [-0.39, 0.29) is 79.2 Å². The monoisotopic (exact) mass is 830 g/mol. The van der Waals surface area contributed by atoms with Crippen LogP contribution in [0, 0.1) is 5.92 Å². The molecule has 0 unspecified atom stereocenters. The number of phenols is 2. The number of amides is 2. The number of hydrogen-bond acceptors (Lipinski definition) is 16. The Morgan fingerprint density at radius 2 is 1.96 bits per heavy atom. The summed E-state index contributed by atoms with van der Waals surface area (Å²) in [5.41, 5.74) is 4.87. The number of thiazole rings is 1. The van der Waals surface area contributed by atoms with Gasteiger partial charge in [-0.2, -0.15) is 5.21 Å². The molecule has 3 aliphatic rings. The summed E-state index contributed by atoms with van der Waals surface area (Å²) in [4.78, 5) is 62.9. The number of quaternary nitrogens is 1. The first-order valence-electron chi connectivity index (χ1n) is 16.2. The number of aromatic hydroxyl groups is 2. The largest absolute Gasteiger partial charge is 1.00 e. The number of nitrogen functional groups attached to an aromatic ring is 1. The molecule has 0 spiro atoms. The number of tetrazole rings is 1. The van der Waals surface area contributed by atoms with Gasteiger partial charge in [-0.05, 0) is 26.0 Å². The molecule has 0 aliphatic carbocycles. The minimum Gasteiger partial charge on any atom is -0.546 e. The predicted molar refractivity (Wildman–Crippen MR) is 191 cm³/mol. The van der Waals surface area contributed by atoms with Crippen LogP contribution in [0.2, 0.25) is 9.36 Å². The molecule has 18 nitrogen and oxygen atoms in total. The number of carboxylic acid groups (broad SMARTS) is 1. The van der Waals surface area contributed by atoms with Gasteiger partial charge in [-0.1, -0.05) is 39.7 Å². The Bertz CT molecular complexity index is 2000. The average molecular weight is 832 g/mol. The van der Waals surface area contributed by atoms with Crippen molar-refractivity contribution >= 4 is 86.4 Å². The predicted octanol–water partition coefficient (Wildman–Crippen LogP) is -2.22. The van der Waals surface area contributed by atoms with Crippen LogP contribution >= 0.6 is 46.3 Å². The summed E-state index contributed by atoms with van der Waals surface area (Å²) in [6.07, 6.45) is 1.59. The number of likely N-dealkylation sites (tertiary alicyclic amines) is 1. The van der Waals surface area contributed by atoms with Gasteiger partial charge >= 0.3 is 29.6 Å². The number of benzene rings is 1. The second-order valence-corrected chi connectivity index (χ2v) is 16.4. The number of aliphatic carboxylic acids is 1. The molecule has 1 aromatic carbocycles. The molecule has 5 heterocycles. The van der Waals surface area contributed by atoms with Crippen molar-refractivity contribution in [2.45, 2.75) is 44.1 Å². The number of phenolic OH excluding ortho intramolecular Hbond substituents is 2. The number of carboxylic acids is 1. The van der Waals surface area contributed by atoms with Crippen LogP contribution in [0.3, 0.4) is 0 Å². The van der Waals surface area contributed by atoms with Crippen LogP contribution in [-0.2, 0) is 19.2 Å². The summed E-state index contributed by atoms with van der Waals surface area (Å²) in [7, 11) is 0. The first-order chi connectivity index (χ1) is 25.1. The van der Waals surface area contributed by atoms with E-state index in [1.165, 1.54) is 31.7 Å². The number of thioether (sulfide) groups is 1. The Labute approximate surface area is 348 Å². The number of oxime groups is 1. The zero-order chi connectivity index (χ0) is 38.2. The Balaban J connectivity index is 0.00000561. The molecule has 282 valence electrons.